The van der Waals surface area contributed by atoms with Gasteiger partial charge in [-0.3, -0.25) is 24.7 Å². The number of rotatable bonds is 12. The molecule has 15 heteroatoms. The molecule has 4 amide bonds. The van der Waals surface area contributed by atoms with E-state index < -0.39 is 11.7 Å². The highest BCUT2D eigenvalue weighted by molar-refractivity contribution is 6.05. The van der Waals surface area contributed by atoms with Gasteiger partial charge in [0.1, 0.15) is 29.4 Å². The van der Waals surface area contributed by atoms with Gasteiger partial charge < -0.3 is 20.7 Å². The molecule has 0 saturated carbocycles. The summed E-state index contributed by atoms with van der Waals surface area (Å²) in [5.41, 5.74) is 15.7. The van der Waals surface area contributed by atoms with Crippen LogP contribution in [0.4, 0.5) is 26.4 Å². The van der Waals surface area contributed by atoms with Gasteiger partial charge in [0.25, 0.3) is 5.91 Å². The highest BCUT2D eigenvalue weighted by Crippen LogP contribution is 2.38. The standard InChI is InChI=1S/C53H53FN10O4/c1-68-46-22-17-39(54)30-43(46)52(66)56-31-34-9-11-38(12-10-34)49-48-50(55)57-33-58-51(48)64(60-49)45-8-3-2-6-42(45)36-13-15-37(16-14-36)44-7-4-5-26-62(44)32-35-23-27-61(28-24-35)40-18-20-41(21-19-40)63-29-25-47(65)59-53(63)67/h2-3,6,8-22,30,33,35,44H,4-5,7,23-29,31-32H2,1H3,(H,56,66)(H2,55,57,58)(H,59,65,67). The van der Waals surface area contributed by atoms with Crippen molar-refractivity contribution < 1.29 is 23.5 Å². The third-order valence-electron chi connectivity index (χ3n) is 13.6. The Morgan fingerprint density at radius 3 is 2.35 bits per heavy atom. The number of nitrogens with two attached hydrogens (primary N) is 1. The maximum absolute atomic E-state index is 13.9. The number of piperidine rings is 2. The van der Waals surface area contributed by atoms with E-state index in [9.17, 15) is 18.8 Å². The van der Waals surface area contributed by atoms with Crippen LogP contribution in [0.2, 0.25) is 0 Å². The summed E-state index contributed by atoms with van der Waals surface area (Å²) < 4.78 is 21.0. The van der Waals surface area contributed by atoms with Crippen LogP contribution in [0.1, 0.15) is 66.1 Å². The van der Waals surface area contributed by atoms with Crippen LogP contribution in [0.3, 0.4) is 0 Å². The molecule has 2 aromatic heterocycles. The number of ether oxygens (including phenoxy) is 1. The van der Waals surface area contributed by atoms with Crippen LogP contribution in [-0.2, 0) is 11.3 Å². The Morgan fingerprint density at radius 2 is 1.59 bits per heavy atom. The first-order chi connectivity index (χ1) is 33.2. The molecule has 3 aliphatic rings. The number of benzene rings is 5. The van der Waals surface area contributed by atoms with E-state index >= 15 is 0 Å². The zero-order chi connectivity index (χ0) is 46.7. The molecule has 346 valence electrons. The predicted molar refractivity (Wildman–Crippen MR) is 261 cm³/mol. The van der Waals surface area contributed by atoms with Gasteiger partial charge in [0, 0.05) is 67.7 Å². The summed E-state index contributed by atoms with van der Waals surface area (Å²) >= 11 is 0. The first-order valence-corrected chi connectivity index (χ1v) is 23.3. The van der Waals surface area contributed by atoms with Crippen molar-refractivity contribution in [3.63, 3.8) is 0 Å². The van der Waals surface area contributed by atoms with Crippen LogP contribution in [0.15, 0.2) is 122 Å². The summed E-state index contributed by atoms with van der Waals surface area (Å²) in [7, 11) is 1.44. The van der Waals surface area contributed by atoms with Crippen molar-refractivity contribution in [1.82, 2.24) is 35.3 Å². The minimum absolute atomic E-state index is 0.123. The smallest absolute Gasteiger partial charge is 0.328 e. The summed E-state index contributed by atoms with van der Waals surface area (Å²) in [4.78, 5) is 52.7. The van der Waals surface area contributed by atoms with E-state index in [0.29, 0.717) is 53.2 Å². The number of anilines is 3. The lowest BCUT2D eigenvalue weighted by Gasteiger charge is -2.41. The van der Waals surface area contributed by atoms with E-state index in [1.165, 1.54) is 44.0 Å². The molecule has 5 heterocycles. The lowest BCUT2D eigenvalue weighted by Crippen LogP contribution is -2.49. The Balaban J connectivity index is 0.818. The number of likely N-dealkylation sites (tertiary alicyclic amines) is 1. The molecule has 1 unspecified atom stereocenters. The molecular weight excluding hydrogens is 860 g/mol. The molecule has 4 N–H and O–H groups in total. The molecule has 3 fully saturated rings. The topological polar surface area (TPSA) is 164 Å². The number of aromatic nitrogens is 4. The third kappa shape index (κ3) is 9.08. The Labute approximate surface area is 393 Å². The van der Waals surface area contributed by atoms with Crippen LogP contribution in [0, 0.1) is 11.7 Å². The number of imide groups is 1. The molecule has 7 aromatic rings. The number of carbonyl (C=O) groups excluding carboxylic acids is 3. The van der Waals surface area contributed by atoms with Crippen LogP contribution < -0.4 is 30.9 Å². The molecule has 14 nitrogen and oxygen atoms in total. The fourth-order valence-electron chi connectivity index (χ4n) is 9.99. The molecule has 0 bridgehead atoms. The maximum atomic E-state index is 13.9. The van der Waals surface area contributed by atoms with Crippen molar-refractivity contribution in [3.8, 4) is 33.8 Å². The maximum Gasteiger partial charge on any atom is 0.328 e. The van der Waals surface area contributed by atoms with Gasteiger partial charge >= 0.3 is 6.03 Å². The van der Waals surface area contributed by atoms with E-state index in [1.807, 2.05) is 59.3 Å². The lowest BCUT2D eigenvalue weighted by molar-refractivity contribution is -0.120. The Hall–Kier alpha value is -7.65. The second-order valence-electron chi connectivity index (χ2n) is 17.8. The van der Waals surface area contributed by atoms with Gasteiger partial charge in [-0.1, -0.05) is 73.2 Å². The number of halogens is 1. The van der Waals surface area contributed by atoms with Crippen molar-refractivity contribution in [2.45, 2.75) is 51.1 Å². The Morgan fingerprint density at radius 1 is 0.838 bits per heavy atom. The minimum atomic E-state index is -0.520. The normalized spacial score (nSPS) is 17.1. The number of fused-ring (bicyclic) bond motifs is 1. The van der Waals surface area contributed by atoms with E-state index in [4.69, 9.17) is 15.6 Å². The number of nitrogens with one attached hydrogen (secondary N) is 2. The van der Waals surface area contributed by atoms with Gasteiger partial charge in [0.15, 0.2) is 5.65 Å². The van der Waals surface area contributed by atoms with Gasteiger partial charge in [-0.05, 0) is 103 Å². The number of hydrogen-bond donors (Lipinski definition) is 3. The average molecular weight is 913 g/mol. The van der Waals surface area contributed by atoms with E-state index in [1.54, 1.807) is 4.90 Å². The quantitative estimate of drug-likeness (QED) is 0.108. The minimum Gasteiger partial charge on any atom is -0.496 e. The highest BCUT2D eigenvalue weighted by atomic mass is 19.1. The van der Waals surface area contributed by atoms with Crippen LogP contribution in [0.5, 0.6) is 5.75 Å². The predicted octanol–water partition coefficient (Wildman–Crippen LogP) is 8.70. The molecule has 0 spiro atoms. The fourth-order valence-corrected chi connectivity index (χ4v) is 9.99. The Bertz CT molecular complexity index is 2970. The van der Waals surface area contributed by atoms with Crippen molar-refractivity contribution in [2.75, 3.05) is 55.4 Å². The number of methoxy groups -OCH3 is 1. The lowest BCUT2D eigenvalue weighted by atomic mass is 9.90. The summed E-state index contributed by atoms with van der Waals surface area (Å²) in [6.07, 6.45) is 7.56. The second-order valence-corrected chi connectivity index (χ2v) is 17.8. The monoisotopic (exact) mass is 912 g/mol. The van der Waals surface area contributed by atoms with Crippen molar-refractivity contribution in [1.29, 1.82) is 0 Å². The molecule has 10 rings (SSSR count). The third-order valence-corrected chi connectivity index (χ3v) is 13.6. The fraction of sp³-hybridized carbons (Fsp3) is 0.283. The summed E-state index contributed by atoms with van der Waals surface area (Å²) in [5.74, 6) is 0.0341. The van der Waals surface area contributed by atoms with Gasteiger partial charge in [-0.15, -0.1) is 0 Å². The number of hydrogen-bond acceptors (Lipinski definition) is 10. The Kier molecular flexibility index (Phi) is 12.5. The van der Waals surface area contributed by atoms with Gasteiger partial charge in [-0.25, -0.2) is 23.8 Å². The van der Waals surface area contributed by atoms with Crippen LogP contribution in [-0.4, -0.2) is 82.3 Å². The van der Waals surface area contributed by atoms with Gasteiger partial charge in [-0.2, -0.15) is 5.10 Å². The molecule has 3 saturated heterocycles. The van der Waals surface area contributed by atoms with Crippen LogP contribution in [0.25, 0.3) is 39.1 Å². The first-order valence-electron chi connectivity index (χ1n) is 23.3. The number of para-hydroxylation sites is 1. The number of carbonyl (C=O) groups is 3. The molecule has 68 heavy (non-hydrogen) atoms. The highest BCUT2D eigenvalue weighted by Gasteiger charge is 2.30. The van der Waals surface area contributed by atoms with Gasteiger partial charge in [0.2, 0.25) is 5.91 Å². The molecule has 0 aliphatic carbocycles. The zero-order valence-corrected chi connectivity index (χ0v) is 37.9. The SMILES string of the molecule is COc1ccc(F)cc1C(=O)NCc1ccc(-c2nn(-c3ccccc3-c3ccc(C4CCCCN4CC4CCN(c5ccc(N6CCC(=O)NC6=O)cc5)CC4)cc3)c3ncnc(N)c23)cc1. The summed E-state index contributed by atoms with van der Waals surface area (Å²) in [6, 6.07) is 36.8. The second kappa shape index (κ2) is 19.3. The van der Waals surface area contributed by atoms with Crippen molar-refractivity contribution in [3.05, 3.63) is 144 Å². The van der Waals surface area contributed by atoms with E-state index in [-0.39, 0.29) is 24.0 Å². The number of amides is 4. The number of urea groups is 1. The first kappa shape index (κ1) is 44.2. The molecule has 5 aromatic carbocycles. The number of nitrogen functional groups attached to an aromatic ring is 1. The van der Waals surface area contributed by atoms with Crippen LogP contribution >= 0.6 is 0 Å². The van der Waals surface area contributed by atoms with Crippen molar-refractivity contribution >= 4 is 46.1 Å². The molecule has 0 radical (unpaired) electrons. The zero-order valence-electron chi connectivity index (χ0n) is 37.9. The van der Waals surface area contributed by atoms with E-state index in [0.717, 1.165) is 90.8 Å². The average Bonchev–Trinajstić information content (AvgIpc) is 3.77. The van der Waals surface area contributed by atoms with Gasteiger partial charge in [0.05, 0.1) is 23.7 Å². The largest absolute Gasteiger partial charge is 0.496 e. The number of nitrogens with zero attached hydrogens (tertiary/aromatic N) is 7. The molecule has 3 aliphatic heterocycles. The summed E-state index contributed by atoms with van der Waals surface area (Å²) in [6.45, 7) is 4.77. The van der Waals surface area contributed by atoms with E-state index in [2.05, 4.69) is 72.9 Å². The molecular formula is C53H53FN10O4. The van der Waals surface area contributed by atoms with Crippen molar-refractivity contribution in [2.24, 2.45) is 5.92 Å². The summed E-state index contributed by atoms with van der Waals surface area (Å²) in [5, 5.41) is 11.0. The molecule has 1 atom stereocenters.